The normalized spacial score (nSPS) is 16.2. The summed E-state index contributed by atoms with van der Waals surface area (Å²) in [6, 6.07) is 0. The molecule has 1 heterocycles. The molecule has 0 aromatic carbocycles. The van der Waals surface area contributed by atoms with Crippen LogP contribution in [0.5, 0.6) is 0 Å². The van der Waals surface area contributed by atoms with E-state index in [2.05, 4.69) is 43.0 Å². The average molecular weight is 421 g/mol. The standard InChI is InChI=1S/C28H56N2/c1-4-7-10-12-13-14-15-16-17-18-19-22-25-30-27-26-29(24-21-11-8-5-2)28(30)23-20-9-6-3/h26-28H,4-25H2,1-3H3. The summed E-state index contributed by atoms with van der Waals surface area (Å²) >= 11 is 0. The van der Waals surface area contributed by atoms with E-state index in [1.54, 1.807) is 0 Å². The van der Waals surface area contributed by atoms with Crippen LogP contribution in [-0.2, 0) is 0 Å². The van der Waals surface area contributed by atoms with Gasteiger partial charge in [-0.05, 0) is 25.7 Å². The minimum absolute atomic E-state index is 0.644. The summed E-state index contributed by atoms with van der Waals surface area (Å²) in [5.41, 5.74) is 0. The molecule has 0 saturated carbocycles. The summed E-state index contributed by atoms with van der Waals surface area (Å²) in [7, 11) is 0. The summed E-state index contributed by atoms with van der Waals surface area (Å²) in [4.78, 5) is 5.30. The number of unbranched alkanes of at least 4 members (excludes halogenated alkanes) is 16. The van der Waals surface area contributed by atoms with Crippen molar-refractivity contribution in [2.45, 2.75) is 155 Å². The molecule has 0 spiro atoms. The van der Waals surface area contributed by atoms with Gasteiger partial charge in [-0.1, -0.05) is 124 Å². The first-order valence-corrected chi connectivity index (χ1v) is 14.0. The van der Waals surface area contributed by atoms with Gasteiger partial charge in [-0.3, -0.25) is 0 Å². The highest BCUT2D eigenvalue weighted by molar-refractivity contribution is 4.96. The molecular weight excluding hydrogens is 364 g/mol. The van der Waals surface area contributed by atoms with Gasteiger partial charge in [0.15, 0.2) is 0 Å². The number of nitrogens with zero attached hydrogens (tertiary/aromatic N) is 2. The van der Waals surface area contributed by atoms with Gasteiger partial charge in [-0.2, -0.15) is 0 Å². The zero-order valence-electron chi connectivity index (χ0n) is 21.2. The molecule has 0 aromatic rings. The van der Waals surface area contributed by atoms with E-state index in [9.17, 15) is 0 Å². The van der Waals surface area contributed by atoms with Crippen LogP contribution in [0.15, 0.2) is 12.4 Å². The van der Waals surface area contributed by atoms with Gasteiger partial charge < -0.3 is 9.80 Å². The van der Waals surface area contributed by atoms with Crippen LogP contribution in [0.4, 0.5) is 0 Å². The molecule has 30 heavy (non-hydrogen) atoms. The van der Waals surface area contributed by atoms with Crippen LogP contribution < -0.4 is 0 Å². The zero-order valence-corrected chi connectivity index (χ0v) is 21.2. The lowest BCUT2D eigenvalue weighted by atomic mass is 10.1. The van der Waals surface area contributed by atoms with Gasteiger partial charge in [0.05, 0.1) is 0 Å². The monoisotopic (exact) mass is 420 g/mol. The molecule has 2 nitrogen and oxygen atoms in total. The van der Waals surface area contributed by atoms with E-state index in [1.165, 1.54) is 142 Å². The lowest BCUT2D eigenvalue weighted by Gasteiger charge is -2.33. The summed E-state index contributed by atoms with van der Waals surface area (Å²) in [5, 5.41) is 0. The van der Waals surface area contributed by atoms with Crippen LogP contribution in [0.3, 0.4) is 0 Å². The molecule has 0 N–H and O–H groups in total. The number of hydrogen-bond donors (Lipinski definition) is 0. The Morgan fingerprint density at radius 3 is 1.20 bits per heavy atom. The van der Waals surface area contributed by atoms with Crippen molar-refractivity contribution in [1.82, 2.24) is 9.80 Å². The Kier molecular flexibility index (Phi) is 18.5. The van der Waals surface area contributed by atoms with Crippen molar-refractivity contribution in [1.29, 1.82) is 0 Å². The van der Waals surface area contributed by atoms with Crippen LogP contribution in [0.2, 0.25) is 0 Å². The van der Waals surface area contributed by atoms with Gasteiger partial charge >= 0.3 is 0 Å². The maximum absolute atomic E-state index is 2.66. The number of rotatable bonds is 22. The van der Waals surface area contributed by atoms with Crippen LogP contribution in [0.1, 0.15) is 149 Å². The highest BCUT2D eigenvalue weighted by atomic mass is 15.4. The van der Waals surface area contributed by atoms with Crippen molar-refractivity contribution in [2.24, 2.45) is 0 Å². The SMILES string of the molecule is CCCCCCCCCCCCCCN1C=CN(CCCCCC)C1CCCCC. The molecule has 1 aliphatic rings. The molecule has 2 heteroatoms. The van der Waals surface area contributed by atoms with Gasteiger partial charge in [-0.15, -0.1) is 0 Å². The van der Waals surface area contributed by atoms with Gasteiger partial charge in [-0.25, -0.2) is 0 Å². The zero-order chi connectivity index (χ0) is 21.7. The minimum Gasteiger partial charge on any atom is -0.356 e. The highest BCUT2D eigenvalue weighted by Crippen LogP contribution is 2.23. The van der Waals surface area contributed by atoms with E-state index in [-0.39, 0.29) is 0 Å². The third kappa shape index (κ3) is 13.6. The van der Waals surface area contributed by atoms with Crippen LogP contribution >= 0.6 is 0 Å². The Balaban J connectivity index is 2.11. The Labute approximate surface area is 190 Å². The Bertz CT molecular complexity index is 379. The van der Waals surface area contributed by atoms with E-state index in [4.69, 9.17) is 0 Å². The first kappa shape index (κ1) is 27.4. The van der Waals surface area contributed by atoms with Crippen molar-refractivity contribution < 1.29 is 0 Å². The molecule has 0 radical (unpaired) electrons. The summed E-state index contributed by atoms with van der Waals surface area (Å²) in [6.07, 6.45) is 33.6. The van der Waals surface area contributed by atoms with Crippen LogP contribution in [0, 0.1) is 0 Å². The summed E-state index contributed by atoms with van der Waals surface area (Å²) in [6.45, 7) is 9.44. The van der Waals surface area contributed by atoms with Crippen molar-refractivity contribution in [3.8, 4) is 0 Å². The quantitative estimate of drug-likeness (QED) is 0.161. The molecule has 0 fully saturated rings. The molecule has 0 saturated heterocycles. The molecule has 0 aromatic heterocycles. The molecule has 0 amide bonds. The van der Waals surface area contributed by atoms with Crippen LogP contribution in [0.25, 0.3) is 0 Å². The fourth-order valence-electron chi connectivity index (χ4n) is 4.77. The summed E-state index contributed by atoms with van der Waals surface area (Å²) in [5.74, 6) is 0. The maximum Gasteiger partial charge on any atom is 0.101 e. The Morgan fingerprint density at radius 2 is 0.767 bits per heavy atom. The fraction of sp³-hybridized carbons (Fsp3) is 0.929. The second-order valence-corrected chi connectivity index (χ2v) is 9.70. The van der Waals surface area contributed by atoms with E-state index >= 15 is 0 Å². The van der Waals surface area contributed by atoms with Gasteiger partial charge in [0.25, 0.3) is 0 Å². The number of hydrogen-bond acceptors (Lipinski definition) is 2. The highest BCUT2D eigenvalue weighted by Gasteiger charge is 2.24. The van der Waals surface area contributed by atoms with Gasteiger partial charge in [0.1, 0.15) is 6.17 Å². The largest absolute Gasteiger partial charge is 0.356 e. The van der Waals surface area contributed by atoms with Crippen molar-refractivity contribution in [3.05, 3.63) is 12.4 Å². The lowest BCUT2D eigenvalue weighted by molar-refractivity contribution is 0.136. The third-order valence-corrected chi connectivity index (χ3v) is 6.82. The van der Waals surface area contributed by atoms with Crippen molar-refractivity contribution in [3.63, 3.8) is 0 Å². The van der Waals surface area contributed by atoms with E-state index in [1.807, 2.05) is 0 Å². The molecular formula is C28H56N2. The second-order valence-electron chi connectivity index (χ2n) is 9.70. The third-order valence-electron chi connectivity index (χ3n) is 6.82. The van der Waals surface area contributed by atoms with E-state index < -0.39 is 0 Å². The molecule has 0 bridgehead atoms. The Hall–Kier alpha value is -0.660. The molecule has 1 aliphatic heterocycles. The minimum atomic E-state index is 0.644. The first-order valence-electron chi connectivity index (χ1n) is 14.0. The van der Waals surface area contributed by atoms with Crippen molar-refractivity contribution >= 4 is 0 Å². The van der Waals surface area contributed by atoms with E-state index in [0.29, 0.717) is 6.17 Å². The predicted molar refractivity (Wildman–Crippen MR) is 136 cm³/mol. The molecule has 0 aliphatic carbocycles. The van der Waals surface area contributed by atoms with Gasteiger partial charge in [0.2, 0.25) is 0 Å². The smallest absolute Gasteiger partial charge is 0.101 e. The maximum atomic E-state index is 2.66. The van der Waals surface area contributed by atoms with Crippen molar-refractivity contribution in [2.75, 3.05) is 13.1 Å². The average Bonchev–Trinajstić information content (AvgIpc) is 3.14. The lowest BCUT2D eigenvalue weighted by Crippen LogP contribution is -2.39. The molecule has 1 atom stereocenters. The van der Waals surface area contributed by atoms with E-state index in [0.717, 1.165) is 0 Å². The topological polar surface area (TPSA) is 6.48 Å². The van der Waals surface area contributed by atoms with Gasteiger partial charge in [0, 0.05) is 25.5 Å². The molecule has 178 valence electrons. The van der Waals surface area contributed by atoms with Crippen LogP contribution in [-0.4, -0.2) is 29.1 Å². The fourth-order valence-corrected chi connectivity index (χ4v) is 4.77. The second kappa shape index (κ2) is 20.3. The Morgan fingerprint density at radius 1 is 0.433 bits per heavy atom. The first-order chi connectivity index (χ1) is 14.8. The molecule has 1 rings (SSSR count). The summed E-state index contributed by atoms with van der Waals surface area (Å²) < 4.78 is 0. The predicted octanol–water partition coefficient (Wildman–Crippen LogP) is 9.26. The molecule has 1 unspecified atom stereocenters.